The van der Waals surface area contributed by atoms with E-state index in [1.165, 1.54) is 64.2 Å². The van der Waals surface area contributed by atoms with Crippen molar-refractivity contribution < 1.29 is 19.1 Å². The maximum Gasteiger partial charge on any atom is 0.306 e. The highest BCUT2D eigenvalue weighted by Crippen LogP contribution is 2.17. The van der Waals surface area contributed by atoms with E-state index < -0.39 is 0 Å². The summed E-state index contributed by atoms with van der Waals surface area (Å²) in [5, 5.41) is 0. The van der Waals surface area contributed by atoms with Crippen molar-refractivity contribution in [3.05, 3.63) is 12.2 Å². The molecule has 0 aliphatic carbocycles. The molecule has 0 saturated carbocycles. The molecule has 0 amide bonds. The number of unbranched alkanes of at least 4 members (excludes halogenated alkanes) is 12. The summed E-state index contributed by atoms with van der Waals surface area (Å²) in [6.45, 7) is 12.0. The molecular formula is C30H56O4. The number of rotatable bonds is 22. The van der Waals surface area contributed by atoms with Crippen LogP contribution in [0, 0.1) is 0 Å². The second-order valence-corrected chi connectivity index (χ2v) is 11.0. The van der Waals surface area contributed by atoms with Gasteiger partial charge in [0.05, 0.1) is 0 Å². The maximum atomic E-state index is 11.8. The van der Waals surface area contributed by atoms with Crippen molar-refractivity contribution in [2.24, 2.45) is 0 Å². The van der Waals surface area contributed by atoms with Gasteiger partial charge in [-0.25, -0.2) is 0 Å². The lowest BCUT2D eigenvalue weighted by atomic mass is 10.1. The molecule has 0 aromatic rings. The van der Waals surface area contributed by atoms with E-state index in [4.69, 9.17) is 9.47 Å². The molecule has 4 nitrogen and oxygen atoms in total. The molecule has 0 aromatic heterocycles. The molecule has 0 unspecified atom stereocenters. The first-order chi connectivity index (χ1) is 16.1. The van der Waals surface area contributed by atoms with E-state index in [0.29, 0.717) is 12.8 Å². The molecule has 34 heavy (non-hydrogen) atoms. The van der Waals surface area contributed by atoms with E-state index in [2.05, 4.69) is 12.2 Å². The number of esters is 2. The second kappa shape index (κ2) is 19.9. The van der Waals surface area contributed by atoms with Gasteiger partial charge in [0, 0.05) is 12.8 Å². The summed E-state index contributed by atoms with van der Waals surface area (Å²) in [4.78, 5) is 23.6. The first-order valence-corrected chi connectivity index (χ1v) is 14.2. The lowest BCUT2D eigenvalue weighted by Gasteiger charge is -2.23. The Hall–Kier alpha value is -1.32. The summed E-state index contributed by atoms with van der Waals surface area (Å²) in [7, 11) is 0. The molecule has 0 aliphatic heterocycles. The predicted octanol–water partition coefficient (Wildman–Crippen LogP) is 9.25. The van der Waals surface area contributed by atoms with Crippen molar-refractivity contribution in [1.29, 1.82) is 0 Å². The van der Waals surface area contributed by atoms with Gasteiger partial charge in [-0.1, -0.05) is 77.4 Å². The summed E-state index contributed by atoms with van der Waals surface area (Å²) in [6.07, 6.45) is 24.0. The Morgan fingerprint density at radius 2 is 0.824 bits per heavy atom. The van der Waals surface area contributed by atoms with Crippen molar-refractivity contribution in [3.63, 3.8) is 0 Å². The highest BCUT2D eigenvalue weighted by molar-refractivity contribution is 5.70. The lowest BCUT2D eigenvalue weighted by molar-refractivity contribution is -0.157. The summed E-state index contributed by atoms with van der Waals surface area (Å²) in [5.74, 6) is -0.101. The maximum absolute atomic E-state index is 11.8. The standard InChI is InChI=1S/C30H56O4/c1-7-29(3,4)33-27(31)25-23-21-19-17-15-13-11-9-10-12-14-16-18-20-22-24-26-28(32)34-30(5,6)8-2/h9,11H,7-8,10,12-26H2,1-6H3/b11-9+. The van der Waals surface area contributed by atoms with E-state index in [9.17, 15) is 9.59 Å². The molecular weight excluding hydrogens is 424 g/mol. The van der Waals surface area contributed by atoms with E-state index in [0.717, 1.165) is 38.5 Å². The van der Waals surface area contributed by atoms with E-state index in [1.54, 1.807) is 0 Å². The quantitative estimate of drug-likeness (QED) is 0.0880. The minimum atomic E-state index is -0.326. The zero-order valence-electron chi connectivity index (χ0n) is 23.5. The van der Waals surface area contributed by atoms with Crippen LogP contribution >= 0.6 is 0 Å². The molecule has 0 rings (SSSR count). The van der Waals surface area contributed by atoms with Crippen LogP contribution in [0.1, 0.15) is 157 Å². The Morgan fingerprint density at radius 3 is 1.15 bits per heavy atom. The molecule has 0 aromatic carbocycles. The summed E-state index contributed by atoms with van der Waals surface area (Å²) in [5.41, 5.74) is -0.650. The zero-order valence-corrected chi connectivity index (χ0v) is 23.5. The van der Waals surface area contributed by atoms with Gasteiger partial charge in [-0.05, 0) is 79.1 Å². The van der Waals surface area contributed by atoms with Crippen LogP contribution < -0.4 is 0 Å². The van der Waals surface area contributed by atoms with Crippen LogP contribution in [0.4, 0.5) is 0 Å². The van der Waals surface area contributed by atoms with Crippen molar-refractivity contribution in [2.45, 2.75) is 168 Å². The van der Waals surface area contributed by atoms with Gasteiger partial charge in [0.25, 0.3) is 0 Å². The molecule has 4 heteroatoms. The first-order valence-electron chi connectivity index (χ1n) is 14.2. The molecule has 0 fully saturated rings. The van der Waals surface area contributed by atoms with E-state index in [1.807, 2.05) is 41.5 Å². The van der Waals surface area contributed by atoms with Crippen LogP contribution in [0.2, 0.25) is 0 Å². The fourth-order valence-corrected chi connectivity index (χ4v) is 3.58. The van der Waals surface area contributed by atoms with Gasteiger partial charge >= 0.3 is 11.9 Å². The first kappa shape index (κ1) is 32.7. The van der Waals surface area contributed by atoms with Crippen molar-refractivity contribution >= 4 is 11.9 Å². The summed E-state index contributed by atoms with van der Waals surface area (Å²) < 4.78 is 11.0. The minimum absolute atomic E-state index is 0.0489. The number of carbonyl (C=O) groups excluding carboxylic acids is 2. The Morgan fingerprint density at radius 1 is 0.529 bits per heavy atom. The largest absolute Gasteiger partial charge is 0.460 e. The van der Waals surface area contributed by atoms with Gasteiger partial charge in [-0.2, -0.15) is 0 Å². The smallest absolute Gasteiger partial charge is 0.306 e. The predicted molar refractivity (Wildman–Crippen MR) is 144 cm³/mol. The molecule has 0 radical (unpaired) electrons. The molecule has 0 aliphatic rings. The lowest BCUT2D eigenvalue weighted by Crippen LogP contribution is -2.26. The van der Waals surface area contributed by atoms with Crippen LogP contribution in [0.25, 0.3) is 0 Å². The van der Waals surface area contributed by atoms with Crippen molar-refractivity contribution in [1.82, 2.24) is 0 Å². The normalized spacial score (nSPS) is 12.3. The molecule has 0 saturated heterocycles. The number of carbonyl (C=O) groups is 2. The Labute approximate surface area is 211 Å². The zero-order chi connectivity index (χ0) is 25.7. The SMILES string of the molecule is CCC(C)(C)OC(=O)CCCCCCC/C=C/CCCCCCCCCC(=O)OC(C)(C)CC. The second-order valence-electron chi connectivity index (χ2n) is 11.0. The molecule has 0 spiro atoms. The number of ether oxygens (including phenoxy) is 2. The summed E-state index contributed by atoms with van der Waals surface area (Å²) in [6, 6.07) is 0. The van der Waals surface area contributed by atoms with Gasteiger partial charge < -0.3 is 9.47 Å². The van der Waals surface area contributed by atoms with E-state index >= 15 is 0 Å². The Bertz CT molecular complexity index is 548. The highest BCUT2D eigenvalue weighted by atomic mass is 16.6. The number of allylic oxidation sites excluding steroid dienone is 2. The average Bonchev–Trinajstić information content (AvgIpc) is 2.77. The third-order valence-electron chi connectivity index (χ3n) is 6.65. The fraction of sp³-hybridized carbons (Fsp3) is 0.867. The fourth-order valence-electron chi connectivity index (χ4n) is 3.58. The van der Waals surface area contributed by atoms with Crippen LogP contribution in [-0.2, 0) is 19.1 Å². The molecule has 0 atom stereocenters. The van der Waals surface area contributed by atoms with Crippen LogP contribution in [0.5, 0.6) is 0 Å². The topological polar surface area (TPSA) is 52.6 Å². The van der Waals surface area contributed by atoms with Gasteiger partial charge in [-0.15, -0.1) is 0 Å². The van der Waals surface area contributed by atoms with Crippen LogP contribution in [-0.4, -0.2) is 23.1 Å². The van der Waals surface area contributed by atoms with E-state index in [-0.39, 0.29) is 23.1 Å². The minimum Gasteiger partial charge on any atom is -0.460 e. The third kappa shape index (κ3) is 21.2. The van der Waals surface area contributed by atoms with Gasteiger partial charge in [0.1, 0.15) is 11.2 Å². The Balaban J connectivity index is 3.38. The monoisotopic (exact) mass is 480 g/mol. The number of hydrogen-bond donors (Lipinski definition) is 0. The Kier molecular flexibility index (Phi) is 19.2. The molecule has 0 heterocycles. The van der Waals surface area contributed by atoms with Gasteiger partial charge in [0.2, 0.25) is 0 Å². The molecule has 0 N–H and O–H groups in total. The van der Waals surface area contributed by atoms with Crippen LogP contribution in [0.15, 0.2) is 12.2 Å². The van der Waals surface area contributed by atoms with Crippen molar-refractivity contribution in [2.75, 3.05) is 0 Å². The molecule has 200 valence electrons. The molecule has 0 bridgehead atoms. The third-order valence-corrected chi connectivity index (χ3v) is 6.65. The summed E-state index contributed by atoms with van der Waals surface area (Å²) >= 11 is 0. The number of hydrogen-bond acceptors (Lipinski definition) is 4. The van der Waals surface area contributed by atoms with Crippen molar-refractivity contribution in [3.8, 4) is 0 Å². The van der Waals surface area contributed by atoms with Crippen LogP contribution in [0.3, 0.4) is 0 Å². The average molecular weight is 481 g/mol. The highest BCUT2D eigenvalue weighted by Gasteiger charge is 2.20. The van der Waals surface area contributed by atoms with Gasteiger partial charge in [0.15, 0.2) is 0 Å². The van der Waals surface area contributed by atoms with Gasteiger partial charge in [-0.3, -0.25) is 9.59 Å².